The van der Waals surface area contributed by atoms with Crippen LogP contribution in [0.2, 0.25) is 0 Å². The minimum atomic E-state index is 0.0370. The van der Waals surface area contributed by atoms with E-state index >= 15 is 0 Å². The van der Waals surface area contributed by atoms with Crippen LogP contribution in [0.15, 0.2) is 54.7 Å². The Morgan fingerprint density at radius 1 is 0.952 bits per heavy atom. The van der Waals surface area contributed by atoms with Gasteiger partial charge >= 0.3 is 0 Å². The summed E-state index contributed by atoms with van der Waals surface area (Å²) < 4.78 is 0. The van der Waals surface area contributed by atoms with E-state index in [1.165, 1.54) is 5.56 Å². The van der Waals surface area contributed by atoms with Gasteiger partial charge < -0.3 is 4.90 Å². The molecule has 0 N–H and O–H groups in total. The van der Waals surface area contributed by atoms with E-state index in [2.05, 4.69) is 34.1 Å². The summed E-state index contributed by atoms with van der Waals surface area (Å²) in [6.07, 6.45) is 1.67. The molecule has 2 aromatic rings. The predicted molar refractivity (Wildman–Crippen MR) is 81.9 cm³/mol. The number of hydrogen-bond acceptors (Lipinski definition) is 3. The van der Waals surface area contributed by atoms with Gasteiger partial charge in [0.1, 0.15) is 5.69 Å². The zero-order chi connectivity index (χ0) is 14.5. The van der Waals surface area contributed by atoms with Crippen molar-refractivity contribution in [2.24, 2.45) is 0 Å². The number of carbonyl (C=O) groups is 1. The van der Waals surface area contributed by atoms with E-state index in [1.807, 2.05) is 23.1 Å². The first-order valence-electron chi connectivity index (χ1n) is 7.29. The van der Waals surface area contributed by atoms with Gasteiger partial charge in [-0.2, -0.15) is 0 Å². The predicted octanol–water partition coefficient (Wildman–Crippen LogP) is 2.04. The first kappa shape index (κ1) is 13.8. The first-order valence-corrected chi connectivity index (χ1v) is 7.29. The number of pyridine rings is 1. The Hall–Kier alpha value is -2.20. The van der Waals surface area contributed by atoms with Gasteiger partial charge in [-0.05, 0) is 17.7 Å². The fraction of sp³-hybridized carbons (Fsp3) is 0.294. The van der Waals surface area contributed by atoms with Gasteiger partial charge in [-0.25, -0.2) is 0 Å². The van der Waals surface area contributed by atoms with Crippen molar-refractivity contribution < 1.29 is 4.79 Å². The Bertz CT molecular complexity index is 577. The standard InChI is InChI=1S/C17H19N3O/c21-17(16-8-4-5-9-18-16)20-12-10-19(11-13-20)14-15-6-2-1-3-7-15/h1-9H,10-14H2. The summed E-state index contributed by atoms with van der Waals surface area (Å²) in [5.74, 6) is 0.0370. The molecule has 0 bridgehead atoms. The van der Waals surface area contributed by atoms with E-state index in [0.717, 1.165) is 32.7 Å². The van der Waals surface area contributed by atoms with Crippen LogP contribution in [0.3, 0.4) is 0 Å². The number of benzene rings is 1. The molecule has 1 aliphatic rings. The second-order valence-electron chi connectivity index (χ2n) is 5.27. The normalized spacial score (nSPS) is 15.9. The number of aromatic nitrogens is 1. The maximum absolute atomic E-state index is 12.3. The number of hydrogen-bond donors (Lipinski definition) is 0. The van der Waals surface area contributed by atoms with E-state index < -0.39 is 0 Å². The van der Waals surface area contributed by atoms with Gasteiger partial charge in [-0.3, -0.25) is 14.7 Å². The SMILES string of the molecule is O=C(c1ccccn1)N1CCN(Cc2ccccc2)CC1. The van der Waals surface area contributed by atoms with E-state index in [0.29, 0.717) is 5.69 Å². The van der Waals surface area contributed by atoms with Crippen molar-refractivity contribution in [3.05, 3.63) is 66.0 Å². The van der Waals surface area contributed by atoms with E-state index in [1.54, 1.807) is 12.3 Å². The third-order valence-corrected chi connectivity index (χ3v) is 3.79. The van der Waals surface area contributed by atoms with Gasteiger partial charge in [0.15, 0.2) is 0 Å². The minimum absolute atomic E-state index is 0.0370. The van der Waals surface area contributed by atoms with Gasteiger partial charge in [-0.1, -0.05) is 36.4 Å². The average molecular weight is 281 g/mol. The molecule has 0 aliphatic carbocycles. The molecule has 0 unspecified atom stereocenters. The Labute approximate surface area is 125 Å². The molecule has 0 spiro atoms. The molecule has 4 heteroatoms. The summed E-state index contributed by atoms with van der Waals surface area (Å²) in [5.41, 5.74) is 1.86. The van der Waals surface area contributed by atoms with Gasteiger partial charge in [0.2, 0.25) is 0 Å². The van der Waals surface area contributed by atoms with Gasteiger partial charge in [0, 0.05) is 38.9 Å². The highest BCUT2D eigenvalue weighted by Gasteiger charge is 2.22. The molecule has 1 aromatic carbocycles. The molecule has 1 saturated heterocycles. The molecule has 3 rings (SSSR count). The maximum Gasteiger partial charge on any atom is 0.272 e. The molecule has 1 aromatic heterocycles. The molecular weight excluding hydrogens is 262 g/mol. The Balaban J connectivity index is 1.54. The van der Waals surface area contributed by atoms with Gasteiger partial charge in [0.05, 0.1) is 0 Å². The van der Waals surface area contributed by atoms with Crippen molar-refractivity contribution in [3.63, 3.8) is 0 Å². The topological polar surface area (TPSA) is 36.4 Å². The van der Waals surface area contributed by atoms with Crippen LogP contribution in [-0.4, -0.2) is 46.9 Å². The summed E-state index contributed by atoms with van der Waals surface area (Å²) in [6, 6.07) is 15.9. The fourth-order valence-corrected chi connectivity index (χ4v) is 2.60. The molecule has 0 radical (unpaired) electrons. The largest absolute Gasteiger partial charge is 0.335 e. The summed E-state index contributed by atoms with van der Waals surface area (Å²) in [7, 11) is 0. The monoisotopic (exact) mass is 281 g/mol. The van der Waals surface area contributed by atoms with Crippen molar-refractivity contribution in [1.82, 2.24) is 14.8 Å². The van der Waals surface area contributed by atoms with Crippen molar-refractivity contribution in [3.8, 4) is 0 Å². The zero-order valence-electron chi connectivity index (χ0n) is 12.0. The second kappa shape index (κ2) is 6.50. The number of amides is 1. The molecule has 1 aliphatic heterocycles. The lowest BCUT2D eigenvalue weighted by Gasteiger charge is -2.34. The van der Waals surface area contributed by atoms with Crippen molar-refractivity contribution >= 4 is 5.91 Å². The van der Waals surface area contributed by atoms with Crippen LogP contribution in [-0.2, 0) is 6.54 Å². The minimum Gasteiger partial charge on any atom is -0.335 e. The Kier molecular flexibility index (Phi) is 4.26. The van der Waals surface area contributed by atoms with Gasteiger partial charge in [0.25, 0.3) is 5.91 Å². The lowest BCUT2D eigenvalue weighted by atomic mass is 10.2. The highest BCUT2D eigenvalue weighted by atomic mass is 16.2. The van der Waals surface area contributed by atoms with Crippen LogP contribution in [0.1, 0.15) is 16.1 Å². The van der Waals surface area contributed by atoms with Crippen LogP contribution < -0.4 is 0 Å². The molecule has 4 nitrogen and oxygen atoms in total. The van der Waals surface area contributed by atoms with Crippen LogP contribution >= 0.6 is 0 Å². The Morgan fingerprint density at radius 3 is 2.33 bits per heavy atom. The average Bonchev–Trinajstić information content (AvgIpc) is 2.57. The van der Waals surface area contributed by atoms with Crippen LogP contribution in [0.4, 0.5) is 0 Å². The molecule has 1 amide bonds. The fourth-order valence-electron chi connectivity index (χ4n) is 2.60. The molecule has 21 heavy (non-hydrogen) atoms. The molecule has 2 heterocycles. The molecule has 108 valence electrons. The summed E-state index contributed by atoms with van der Waals surface area (Å²) >= 11 is 0. The molecule has 1 fully saturated rings. The van der Waals surface area contributed by atoms with Crippen LogP contribution in [0.5, 0.6) is 0 Å². The Morgan fingerprint density at radius 2 is 1.67 bits per heavy atom. The first-order chi connectivity index (χ1) is 10.3. The van der Waals surface area contributed by atoms with E-state index in [9.17, 15) is 4.79 Å². The van der Waals surface area contributed by atoms with E-state index in [4.69, 9.17) is 0 Å². The van der Waals surface area contributed by atoms with E-state index in [-0.39, 0.29) is 5.91 Å². The number of piperazine rings is 1. The van der Waals surface area contributed by atoms with Gasteiger partial charge in [-0.15, -0.1) is 0 Å². The third-order valence-electron chi connectivity index (χ3n) is 3.79. The second-order valence-corrected chi connectivity index (χ2v) is 5.27. The molecular formula is C17H19N3O. The lowest BCUT2D eigenvalue weighted by molar-refractivity contribution is 0.0623. The highest BCUT2D eigenvalue weighted by Crippen LogP contribution is 2.10. The maximum atomic E-state index is 12.3. The quantitative estimate of drug-likeness (QED) is 0.864. The third kappa shape index (κ3) is 3.47. The van der Waals surface area contributed by atoms with Crippen LogP contribution in [0.25, 0.3) is 0 Å². The van der Waals surface area contributed by atoms with Crippen molar-refractivity contribution in [2.75, 3.05) is 26.2 Å². The zero-order valence-corrected chi connectivity index (χ0v) is 12.0. The smallest absolute Gasteiger partial charge is 0.272 e. The highest BCUT2D eigenvalue weighted by molar-refractivity contribution is 5.92. The molecule has 0 atom stereocenters. The number of nitrogens with zero attached hydrogens (tertiary/aromatic N) is 3. The lowest BCUT2D eigenvalue weighted by Crippen LogP contribution is -2.48. The summed E-state index contributed by atoms with van der Waals surface area (Å²) in [4.78, 5) is 20.7. The van der Waals surface area contributed by atoms with Crippen molar-refractivity contribution in [1.29, 1.82) is 0 Å². The number of rotatable bonds is 3. The molecule has 0 saturated carbocycles. The van der Waals surface area contributed by atoms with Crippen molar-refractivity contribution in [2.45, 2.75) is 6.54 Å². The summed E-state index contributed by atoms with van der Waals surface area (Å²) in [5, 5.41) is 0. The number of carbonyl (C=O) groups excluding carboxylic acids is 1. The van der Waals surface area contributed by atoms with Crippen LogP contribution in [0, 0.1) is 0 Å². The summed E-state index contributed by atoms with van der Waals surface area (Å²) in [6.45, 7) is 4.30.